The number of hydrogen-bond acceptors (Lipinski definition) is 5. The number of para-hydroxylation sites is 1. The first-order chi connectivity index (χ1) is 13.5. The van der Waals surface area contributed by atoms with Crippen LogP contribution in [0.2, 0.25) is 0 Å². The first-order valence-electron chi connectivity index (χ1n) is 9.20. The average molecular weight is 395 g/mol. The molecule has 0 saturated heterocycles. The van der Waals surface area contributed by atoms with Gasteiger partial charge in [-0.25, -0.2) is 9.48 Å². The van der Waals surface area contributed by atoms with Gasteiger partial charge in [0.25, 0.3) is 0 Å². The van der Waals surface area contributed by atoms with Crippen LogP contribution in [0.15, 0.2) is 42.7 Å². The molecule has 0 aliphatic heterocycles. The van der Waals surface area contributed by atoms with Crippen LogP contribution in [0.3, 0.4) is 0 Å². The maximum absolute atomic E-state index is 12.7. The van der Waals surface area contributed by atoms with Gasteiger partial charge in [0.05, 0.1) is 17.4 Å². The lowest BCUT2D eigenvalue weighted by Crippen LogP contribution is -2.15. The number of anilines is 1. The lowest BCUT2D eigenvalue weighted by molar-refractivity contribution is -0.117. The van der Waals surface area contributed by atoms with Gasteiger partial charge >= 0.3 is 5.97 Å². The molecular formula is C21H21N3O3S. The minimum Gasteiger partial charge on any atom is -0.457 e. The summed E-state index contributed by atoms with van der Waals surface area (Å²) in [7, 11) is 0. The first-order valence-corrected chi connectivity index (χ1v) is 10.0. The van der Waals surface area contributed by atoms with Crippen molar-refractivity contribution in [3.8, 4) is 5.69 Å². The number of aryl methyl sites for hydroxylation is 1. The molecule has 28 heavy (non-hydrogen) atoms. The molecule has 0 atom stereocenters. The third kappa shape index (κ3) is 3.84. The first kappa shape index (κ1) is 18.4. The van der Waals surface area contributed by atoms with Crippen LogP contribution in [0.25, 0.3) is 5.69 Å². The summed E-state index contributed by atoms with van der Waals surface area (Å²) in [4.78, 5) is 25.8. The summed E-state index contributed by atoms with van der Waals surface area (Å²) in [6, 6.07) is 9.73. The molecule has 7 heteroatoms. The second-order valence-electron chi connectivity index (χ2n) is 6.96. The predicted molar refractivity (Wildman–Crippen MR) is 108 cm³/mol. The highest BCUT2D eigenvalue weighted by atomic mass is 32.1. The molecule has 1 amide bonds. The number of nitrogens with zero attached hydrogens (tertiary/aromatic N) is 2. The van der Waals surface area contributed by atoms with Crippen LogP contribution >= 0.6 is 11.3 Å². The maximum atomic E-state index is 12.7. The Bertz CT molecular complexity index is 1020. The van der Waals surface area contributed by atoms with Gasteiger partial charge in [-0.3, -0.25) is 4.79 Å². The normalized spacial score (nSPS) is 13.4. The van der Waals surface area contributed by atoms with Gasteiger partial charge in [-0.05, 0) is 44.4 Å². The lowest BCUT2D eigenvalue weighted by atomic mass is 10.1. The number of esters is 1. The van der Waals surface area contributed by atoms with E-state index in [0.717, 1.165) is 34.5 Å². The fraction of sp³-hybridized carbons (Fsp3) is 0.286. The zero-order chi connectivity index (χ0) is 19.7. The molecule has 1 aliphatic carbocycles. The minimum absolute atomic E-state index is 0.0144. The van der Waals surface area contributed by atoms with Crippen LogP contribution in [0.1, 0.15) is 39.2 Å². The number of carbonyl (C=O) groups excluding carboxylic acids is 2. The average Bonchev–Trinajstić information content (AvgIpc) is 3.38. The highest BCUT2D eigenvalue weighted by Gasteiger charge is 2.31. The van der Waals surface area contributed by atoms with E-state index in [1.54, 1.807) is 10.9 Å². The highest BCUT2D eigenvalue weighted by molar-refractivity contribution is 7.16. The minimum atomic E-state index is -0.430. The predicted octanol–water partition coefficient (Wildman–Crippen LogP) is 4.26. The van der Waals surface area contributed by atoms with Crippen LogP contribution in [0.4, 0.5) is 5.00 Å². The molecule has 2 aromatic heterocycles. The Balaban J connectivity index is 1.45. The van der Waals surface area contributed by atoms with Crippen LogP contribution in [-0.4, -0.2) is 21.7 Å². The van der Waals surface area contributed by atoms with Crippen molar-refractivity contribution in [2.45, 2.75) is 33.3 Å². The van der Waals surface area contributed by atoms with Gasteiger partial charge in [-0.2, -0.15) is 5.10 Å². The summed E-state index contributed by atoms with van der Waals surface area (Å²) in [5.41, 5.74) is 3.04. The number of aromatic nitrogens is 2. The van der Waals surface area contributed by atoms with Crippen LogP contribution in [0, 0.1) is 19.8 Å². The van der Waals surface area contributed by atoms with Gasteiger partial charge in [0.1, 0.15) is 11.6 Å². The van der Waals surface area contributed by atoms with E-state index >= 15 is 0 Å². The van der Waals surface area contributed by atoms with Gasteiger partial charge in [0.15, 0.2) is 0 Å². The highest BCUT2D eigenvalue weighted by Crippen LogP contribution is 2.36. The Morgan fingerprint density at radius 1 is 1.25 bits per heavy atom. The monoisotopic (exact) mass is 395 g/mol. The van der Waals surface area contributed by atoms with E-state index in [0.29, 0.717) is 10.6 Å². The van der Waals surface area contributed by atoms with Crippen molar-refractivity contribution in [2.24, 2.45) is 5.92 Å². The molecule has 0 spiro atoms. The SMILES string of the molecule is Cc1sc(NC(=O)C2CC2)c(C(=O)OCc2cnn(-c3ccccc3)c2)c1C. The molecule has 3 aromatic rings. The van der Waals surface area contributed by atoms with E-state index in [2.05, 4.69) is 10.4 Å². The summed E-state index contributed by atoms with van der Waals surface area (Å²) >= 11 is 1.42. The van der Waals surface area contributed by atoms with Crippen LogP contribution in [0.5, 0.6) is 0 Å². The number of hydrogen-bond donors (Lipinski definition) is 1. The molecule has 144 valence electrons. The molecule has 4 rings (SSSR count). The Hall–Kier alpha value is -2.93. The molecule has 1 saturated carbocycles. The van der Waals surface area contributed by atoms with E-state index in [9.17, 15) is 9.59 Å². The van der Waals surface area contributed by atoms with Gasteiger partial charge in [-0.1, -0.05) is 18.2 Å². The second kappa shape index (κ2) is 7.59. The van der Waals surface area contributed by atoms with Gasteiger partial charge in [0.2, 0.25) is 5.91 Å². The maximum Gasteiger partial charge on any atom is 0.341 e. The molecule has 0 bridgehead atoms. The quantitative estimate of drug-likeness (QED) is 0.633. The zero-order valence-corrected chi connectivity index (χ0v) is 16.6. The molecule has 1 aliphatic rings. The third-order valence-corrected chi connectivity index (χ3v) is 5.92. The topological polar surface area (TPSA) is 73.2 Å². The Morgan fingerprint density at radius 3 is 2.71 bits per heavy atom. The largest absolute Gasteiger partial charge is 0.457 e. The number of carbonyl (C=O) groups is 2. The van der Waals surface area contributed by atoms with Crippen LogP contribution < -0.4 is 5.32 Å². The van der Waals surface area contributed by atoms with Crippen molar-refractivity contribution in [1.82, 2.24) is 9.78 Å². The van der Waals surface area contributed by atoms with Crippen molar-refractivity contribution >= 4 is 28.2 Å². The molecule has 0 radical (unpaired) electrons. The summed E-state index contributed by atoms with van der Waals surface area (Å²) in [5, 5.41) is 7.79. The summed E-state index contributed by atoms with van der Waals surface area (Å²) < 4.78 is 7.26. The van der Waals surface area contributed by atoms with E-state index < -0.39 is 5.97 Å². The number of ether oxygens (including phenoxy) is 1. The number of benzene rings is 1. The van der Waals surface area contributed by atoms with Crippen molar-refractivity contribution in [2.75, 3.05) is 5.32 Å². The van der Waals surface area contributed by atoms with Gasteiger partial charge in [0, 0.05) is 22.6 Å². The summed E-state index contributed by atoms with van der Waals surface area (Å²) in [5.74, 6) is -0.366. The van der Waals surface area contributed by atoms with Crippen molar-refractivity contribution in [1.29, 1.82) is 0 Å². The number of nitrogens with one attached hydrogen (secondary N) is 1. The lowest BCUT2D eigenvalue weighted by Gasteiger charge is -2.07. The molecular weight excluding hydrogens is 374 g/mol. The smallest absolute Gasteiger partial charge is 0.341 e. The third-order valence-electron chi connectivity index (χ3n) is 4.80. The van der Waals surface area contributed by atoms with Crippen molar-refractivity contribution in [3.63, 3.8) is 0 Å². The molecule has 2 heterocycles. The van der Waals surface area contributed by atoms with E-state index in [4.69, 9.17) is 4.74 Å². The van der Waals surface area contributed by atoms with Gasteiger partial charge in [-0.15, -0.1) is 11.3 Å². The molecule has 1 fully saturated rings. The van der Waals surface area contributed by atoms with Crippen molar-refractivity contribution < 1.29 is 14.3 Å². The fourth-order valence-electron chi connectivity index (χ4n) is 2.90. The molecule has 6 nitrogen and oxygen atoms in total. The molecule has 0 unspecified atom stereocenters. The van der Waals surface area contributed by atoms with Gasteiger partial charge < -0.3 is 10.1 Å². The van der Waals surface area contributed by atoms with E-state index in [1.807, 2.05) is 50.4 Å². The summed E-state index contributed by atoms with van der Waals surface area (Å²) in [6.45, 7) is 3.94. The second-order valence-corrected chi connectivity index (χ2v) is 8.18. The van der Waals surface area contributed by atoms with E-state index in [1.165, 1.54) is 11.3 Å². The number of rotatable bonds is 6. The zero-order valence-electron chi connectivity index (χ0n) is 15.8. The fourth-order valence-corrected chi connectivity index (χ4v) is 3.95. The molecule has 1 aromatic carbocycles. The Morgan fingerprint density at radius 2 is 2.00 bits per heavy atom. The Labute approximate surface area is 167 Å². The number of thiophene rings is 1. The number of amides is 1. The molecule has 1 N–H and O–H groups in total. The summed E-state index contributed by atoms with van der Waals surface area (Å²) in [6.07, 6.45) is 5.35. The standard InChI is InChI=1S/C21H21N3O3S/c1-13-14(2)28-20(23-19(25)16-8-9-16)18(13)21(26)27-12-15-10-22-24(11-15)17-6-4-3-5-7-17/h3-7,10-11,16H,8-9,12H2,1-2H3,(H,23,25). The van der Waals surface area contributed by atoms with Crippen molar-refractivity contribution in [3.05, 3.63) is 64.3 Å². The van der Waals surface area contributed by atoms with E-state index in [-0.39, 0.29) is 18.4 Å². The Kier molecular flexibility index (Phi) is 5.00. The van der Waals surface area contributed by atoms with Crippen LogP contribution in [-0.2, 0) is 16.1 Å².